The SMILES string of the molecule is CNCC1CCN(Cc2cc(Cl)c3c(c2)OCCO3)CC1. The molecule has 0 aliphatic carbocycles. The van der Waals surface area contributed by atoms with Crippen molar-refractivity contribution in [2.75, 3.05) is 39.9 Å². The highest BCUT2D eigenvalue weighted by molar-refractivity contribution is 6.32. The van der Waals surface area contributed by atoms with Gasteiger partial charge in [-0.1, -0.05) is 11.6 Å². The Morgan fingerprint density at radius 2 is 2.00 bits per heavy atom. The number of likely N-dealkylation sites (tertiary alicyclic amines) is 1. The number of benzene rings is 1. The Labute approximate surface area is 131 Å². The van der Waals surface area contributed by atoms with Crippen LogP contribution in [0.2, 0.25) is 5.02 Å². The van der Waals surface area contributed by atoms with E-state index < -0.39 is 0 Å². The van der Waals surface area contributed by atoms with Crippen molar-refractivity contribution in [2.45, 2.75) is 19.4 Å². The summed E-state index contributed by atoms with van der Waals surface area (Å²) in [6, 6.07) is 4.08. The lowest BCUT2D eigenvalue weighted by molar-refractivity contribution is 0.168. The highest BCUT2D eigenvalue weighted by Gasteiger charge is 2.21. The van der Waals surface area contributed by atoms with Crippen LogP contribution in [0.15, 0.2) is 12.1 Å². The van der Waals surface area contributed by atoms with Crippen LogP contribution in [0.5, 0.6) is 11.5 Å². The van der Waals surface area contributed by atoms with Gasteiger partial charge < -0.3 is 14.8 Å². The monoisotopic (exact) mass is 310 g/mol. The molecule has 21 heavy (non-hydrogen) atoms. The second-order valence-corrected chi connectivity index (χ2v) is 6.29. The fourth-order valence-electron chi connectivity index (χ4n) is 3.15. The molecule has 1 aromatic rings. The van der Waals surface area contributed by atoms with Gasteiger partial charge in [-0.2, -0.15) is 0 Å². The Balaban J connectivity index is 1.62. The van der Waals surface area contributed by atoms with E-state index in [1.54, 1.807) is 0 Å². The van der Waals surface area contributed by atoms with E-state index in [1.807, 2.05) is 13.1 Å². The molecule has 2 aliphatic heterocycles. The third kappa shape index (κ3) is 3.62. The van der Waals surface area contributed by atoms with E-state index in [0.717, 1.165) is 37.8 Å². The first kappa shape index (κ1) is 14.9. The molecule has 0 spiro atoms. The van der Waals surface area contributed by atoms with Crippen molar-refractivity contribution in [1.82, 2.24) is 10.2 Å². The van der Waals surface area contributed by atoms with Crippen LogP contribution in [0.25, 0.3) is 0 Å². The van der Waals surface area contributed by atoms with E-state index in [-0.39, 0.29) is 0 Å². The number of nitrogens with one attached hydrogen (secondary N) is 1. The van der Waals surface area contributed by atoms with Gasteiger partial charge in [0.2, 0.25) is 0 Å². The van der Waals surface area contributed by atoms with Gasteiger partial charge in [0, 0.05) is 6.54 Å². The summed E-state index contributed by atoms with van der Waals surface area (Å²) in [7, 11) is 2.03. The number of ether oxygens (including phenoxy) is 2. The average Bonchev–Trinajstić information content (AvgIpc) is 2.50. The number of halogens is 1. The summed E-state index contributed by atoms with van der Waals surface area (Å²) in [5.74, 6) is 2.29. The molecule has 0 saturated carbocycles. The zero-order valence-corrected chi connectivity index (χ0v) is 13.3. The van der Waals surface area contributed by atoms with Crippen LogP contribution in [0.1, 0.15) is 18.4 Å². The summed E-state index contributed by atoms with van der Waals surface area (Å²) >= 11 is 6.30. The Hall–Kier alpha value is -0.970. The molecule has 2 aliphatic rings. The van der Waals surface area contributed by atoms with E-state index in [9.17, 15) is 0 Å². The van der Waals surface area contributed by atoms with E-state index in [4.69, 9.17) is 21.1 Å². The third-order valence-corrected chi connectivity index (χ3v) is 4.54. The van der Waals surface area contributed by atoms with Gasteiger partial charge in [0.1, 0.15) is 13.2 Å². The summed E-state index contributed by atoms with van der Waals surface area (Å²) in [6.07, 6.45) is 2.53. The second kappa shape index (κ2) is 6.86. The molecule has 4 nitrogen and oxygen atoms in total. The lowest BCUT2D eigenvalue weighted by Gasteiger charge is -2.32. The molecular weight excluding hydrogens is 288 g/mol. The molecule has 0 aromatic heterocycles. The molecule has 0 radical (unpaired) electrons. The fraction of sp³-hybridized carbons (Fsp3) is 0.625. The minimum absolute atomic E-state index is 0.574. The van der Waals surface area contributed by atoms with Gasteiger partial charge in [-0.3, -0.25) is 4.90 Å². The Morgan fingerprint density at radius 3 is 2.76 bits per heavy atom. The maximum Gasteiger partial charge on any atom is 0.179 e. The topological polar surface area (TPSA) is 33.7 Å². The lowest BCUT2D eigenvalue weighted by Crippen LogP contribution is -2.36. The van der Waals surface area contributed by atoms with Gasteiger partial charge in [-0.15, -0.1) is 0 Å². The second-order valence-electron chi connectivity index (χ2n) is 5.88. The van der Waals surface area contributed by atoms with Crippen molar-refractivity contribution >= 4 is 11.6 Å². The molecule has 116 valence electrons. The van der Waals surface area contributed by atoms with Gasteiger partial charge in [0.25, 0.3) is 0 Å². The molecule has 0 unspecified atom stereocenters. The van der Waals surface area contributed by atoms with Gasteiger partial charge in [-0.25, -0.2) is 0 Å². The number of piperidine rings is 1. The smallest absolute Gasteiger partial charge is 0.179 e. The van der Waals surface area contributed by atoms with Crippen LogP contribution < -0.4 is 14.8 Å². The minimum atomic E-state index is 0.574. The maximum atomic E-state index is 6.30. The van der Waals surface area contributed by atoms with Crippen molar-refractivity contribution in [3.05, 3.63) is 22.7 Å². The molecule has 5 heteroatoms. The predicted octanol–water partition coefficient (Wildman–Crippen LogP) is 2.54. The average molecular weight is 311 g/mol. The molecule has 0 amide bonds. The van der Waals surface area contributed by atoms with E-state index in [0.29, 0.717) is 24.0 Å². The first-order valence-corrected chi connectivity index (χ1v) is 8.09. The number of hydrogen-bond acceptors (Lipinski definition) is 4. The molecular formula is C16H23ClN2O2. The van der Waals surface area contributed by atoms with Gasteiger partial charge in [0.05, 0.1) is 5.02 Å². The summed E-state index contributed by atoms with van der Waals surface area (Å²) in [5.41, 5.74) is 1.20. The standard InChI is InChI=1S/C16H23ClN2O2/c1-18-10-12-2-4-19(5-3-12)11-13-8-14(17)16-15(9-13)20-6-7-21-16/h8-9,12,18H,2-7,10-11H2,1H3. The van der Waals surface area contributed by atoms with Crippen LogP contribution in [0, 0.1) is 5.92 Å². The molecule has 1 fully saturated rings. The third-order valence-electron chi connectivity index (χ3n) is 4.26. The van der Waals surface area contributed by atoms with Crippen LogP contribution >= 0.6 is 11.6 Å². The summed E-state index contributed by atoms with van der Waals surface area (Å²) < 4.78 is 11.2. The van der Waals surface area contributed by atoms with Gasteiger partial charge in [0.15, 0.2) is 11.5 Å². The van der Waals surface area contributed by atoms with Crippen molar-refractivity contribution in [3.8, 4) is 11.5 Å². The molecule has 1 N–H and O–H groups in total. The number of hydrogen-bond donors (Lipinski definition) is 1. The highest BCUT2D eigenvalue weighted by Crippen LogP contribution is 2.38. The van der Waals surface area contributed by atoms with Crippen molar-refractivity contribution in [2.24, 2.45) is 5.92 Å². The Morgan fingerprint density at radius 1 is 1.24 bits per heavy atom. The largest absolute Gasteiger partial charge is 0.486 e. The van der Waals surface area contributed by atoms with E-state index >= 15 is 0 Å². The van der Waals surface area contributed by atoms with Crippen LogP contribution in [-0.2, 0) is 6.54 Å². The fourth-order valence-corrected chi connectivity index (χ4v) is 3.44. The van der Waals surface area contributed by atoms with E-state index in [2.05, 4.69) is 16.3 Å². The van der Waals surface area contributed by atoms with Crippen LogP contribution in [0.4, 0.5) is 0 Å². The van der Waals surface area contributed by atoms with Crippen molar-refractivity contribution in [3.63, 3.8) is 0 Å². The summed E-state index contributed by atoms with van der Waals surface area (Å²) in [4.78, 5) is 2.49. The highest BCUT2D eigenvalue weighted by atomic mass is 35.5. The maximum absolute atomic E-state index is 6.30. The Kier molecular flexibility index (Phi) is 4.88. The summed E-state index contributed by atoms with van der Waals surface area (Å²) in [5, 5.41) is 3.94. The van der Waals surface area contributed by atoms with Crippen molar-refractivity contribution < 1.29 is 9.47 Å². The molecule has 3 rings (SSSR count). The normalized spacial score (nSPS) is 19.7. The molecule has 1 saturated heterocycles. The molecule has 0 atom stereocenters. The van der Waals surface area contributed by atoms with Gasteiger partial charge in [-0.05, 0) is 63.1 Å². The lowest BCUT2D eigenvalue weighted by atomic mass is 9.96. The summed E-state index contributed by atoms with van der Waals surface area (Å²) in [6.45, 7) is 5.54. The first-order valence-electron chi connectivity index (χ1n) is 7.71. The molecule has 0 bridgehead atoms. The Bertz CT molecular complexity index is 487. The number of fused-ring (bicyclic) bond motifs is 1. The molecule has 2 heterocycles. The van der Waals surface area contributed by atoms with Crippen LogP contribution in [0.3, 0.4) is 0 Å². The van der Waals surface area contributed by atoms with Crippen molar-refractivity contribution in [1.29, 1.82) is 0 Å². The van der Waals surface area contributed by atoms with Gasteiger partial charge >= 0.3 is 0 Å². The van der Waals surface area contributed by atoms with Crippen LogP contribution in [-0.4, -0.2) is 44.8 Å². The molecule has 1 aromatic carbocycles. The minimum Gasteiger partial charge on any atom is -0.486 e. The number of nitrogens with zero attached hydrogens (tertiary/aromatic N) is 1. The number of rotatable bonds is 4. The predicted molar refractivity (Wildman–Crippen MR) is 84.4 cm³/mol. The quantitative estimate of drug-likeness (QED) is 0.926. The zero-order valence-electron chi connectivity index (χ0n) is 12.5. The van der Waals surface area contributed by atoms with E-state index in [1.165, 1.54) is 18.4 Å². The first-order chi connectivity index (χ1) is 10.3. The zero-order chi connectivity index (χ0) is 14.7.